The van der Waals surface area contributed by atoms with E-state index in [1.165, 1.54) is 19.4 Å². The molecular weight excluding hydrogens is 158 g/mol. The molecule has 0 aromatic rings. The largest absolute Gasteiger partial charge is 0.303 e. The second kappa shape index (κ2) is 2.50. The van der Waals surface area contributed by atoms with E-state index in [1.807, 2.05) is 0 Å². The first-order valence-electron chi connectivity index (χ1n) is 5.57. The van der Waals surface area contributed by atoms with Crippen LogP contribution >= 0.6 is 0 Å². The Balaban J connectivity index is 2.37. The maximum Gasteiger partial charge on any atom is 0.0149 e. The number of nitrogens with zero attached hydrogens (tertiary/aromatic N) is 1. The fourth-order valence-corrected chi connectivity index (χ4v) is 3.60. The summed E-state index contributed by atoms with van der Waals surface area (Å²) < 4.78 is 0. The first-order chi connectivity index (χ1) is 5.87. The standard InChI is InChI=1S/C12H23N/c1-11(2)9-6-7-10(12(11,3)4)13(5)8-9/h9-10H,6-8H2,1-5H3. The fraction of sp³-hybridized carbons (Fsp3) is 1.00. The molecule has 3 fully saturated rings. The molecule has 76 valence electrons. The van der Waals surface area contributed by atoms with E-state index in [0.29, 0.717) is 10.8 Å². The third-order valence-corrected chi connectivity index (χ3v) is 5.34. The Bertz CT molecular complexity index is 217. The topological polar surface area (TPSA) is 3.24 Å². The third kappa shape index (κ3) is 1.03. The van der Waals surface area contributed by atoms with Crippen LogP contribution in [0.25, 0.3) is 0 Å². The van der Waals surface area contributed by atoms with Crippen LogP contribution in [0.5, 0.6) is 0 Å². The van der Waals surface area contributed by atoms with Crippen LogP contribution in [0, 0.1) is 16.7 Å². The molecule has 2 unspecified atom stereocenters. The van der Waals surface area contributed by atoms with E-state index in [0.717, 1.165) is 12.0 Å². The highest BCUT2D eigenvalue weighted by Crippen LogP contribution is 2.57. The lowest BCUT2D eigenvalue weighted by Gasteiger charge is -2.63. The van der Waals surface area contributed by atoms with Crippen molar-refractivity contribution in [2.45, 2.75) is 46.6 Å². The molecule has 2 atom stereocenters. The van der Waals surface area contributed by atoms with Crippen molar-refractivity contribution in [3.05, 3.63) is 0 Å². The van der Waals surface area contributed by atoms with Gasteiger partial charge in [0.1, 0.15) is 0 Å². The monoisotopic (exact) mass is 181 g/mol. The molecule has 2 saturated heterocycles. The summed E-state index contributed by atoms with van der Waals surface area (Å²) in [6.07, 6.45) is 2.86. The Labute approximate surface area is 82.5 Å². The van der Waals surface area contributed by atoms with Gasteiger partial charge >= 0.3 is 0 Å². The van der Waals surface area contributed by atoms with Crippen molar-refractivity contribution < 1.29 is 0 Å². The van der Waals surface area contributed by atoms with Gasteiger partial charge in [0.05, 0.1) is 0 Å². The molecule has 0 radical (unpaired) electrons. The van der Waals surface area contributed by atoms with Crippen molar-refractivity contribution in [2.24, 2.45) is 16.7 Å². The van der Waals surface area contributed by atoms with Gasteiger partial charge in [0, 0.05) is 12.6 Å². The summed E-state index contributed by atoms with van der Waals surface area (Å²) >= 11 is 0. The molecule has 2 bridgehead atoms. The van der Waals surface area contributed by atoms with Crippen LogP contribution in [0.4, 0.5) is 0 Å². The molecule has 2 heterocycles. The van der Waals surface area contributed by atoms with Crippen molar-refractivity contribution in [1.82, 2.24) is 4.90 Å². The highest BCUT2D eigenvalue weighted by atomic mass is 15.2. The molecule has 0 amide bonds. The van der Waals surface area contributed by atoms with Crippen molar-refractivity contribution in [2.75, 3.05) is 13.6 Å². The van der Waals surface area contributed by atoms with E-state index < -0.39 is 0 Å². The van der Waals surface area contributed by atoms with Gasteiger partial charge < -0.3 is 4.90 Å². The van der Waals surface area contributed by atoms with Crippen LogP contribution in [-0.2, 0) is 0 Å². The zero-order valence-corrected chi connectivity index (χ0v) is 9.72. The number of piperidine rings is 2. The summed E-state index contributed by atoms with van der Waals surface area (Å²) in [4.78, 5) is 2.58. The zero-order valence-electron chi connectivity index (χ0n) is 9.72. The Morgan fingerprint density at radius 2 is 1.62 bits per heavy atom. The Morgan fingerprint density at radius 1 is 1.00 bits per heavy atom. The van der Waals surface area contributed by atoms with Crippen LogP contribution in [0.2, 0.25) is 0 Å². The van der Waals surface area contributed by atoms with E-state index >= 15 is 0 Å². The first-order valence-corrected chi connectivity index (χ1v) is 5.57. The van der Waals surface area contributed by atoms with Crippen LogP contribution in [0.1, 0.15) is 40.5 Å². The minimum absolute atomic E-state index is 0.489. The van der Waals surface area contributed by atoms with Gasteiger partial charge in [0.25, 0.3) is 0 Å². The minimum atomic E-state index is 0.489. The highest BCUT2D eigenvalue weighted by Gasteiger charge is 2.55. The van der Waals surface area contributed by atoms with E-state index in [1.54, 1.807) is 0 Å². The van der Waals surface area contributed by atoms with Crippen molar-refractivity contribution in [1.29, 1.82) is 0 Å². The van der Waals surface area contributed by atoms with Gasteiger partial charge in [0.2, 0.25) is 0 Å². The van der Waals surface area contributed by atoms with E-state index in [4.69, 9.17) is 0 Å². The van der Waals surface area contributed by atoms with Gasteiger partial charge in [-0.15, -0.1) is 0 Å². The quantitative estimate of drug-likeness (QED) is 0.555. The number of rotatable bonds is 0. The molecule has 1 saturated carbocycles. The van der Waals surface area contributed by atoms with Crippen LogP contribution in [0.3, 0.4) is 0 Å². The van der Waals surface area contributed by atoms with E-state index in [9.17, 15) is 0 Å². The smallest absolute Gasteiger partial charge is 0.0149 e. The number of hydrogen-bond acceptors (Lipinski definition) is 1. The fourth-order valence-electron chi connectivity index (χ4n) is 3.60. The normalized spacial score (nSPS) is 42.2. The molecule has 0 aromatic heterocycles. The summed E-state index contributed by atoms with van der Waals surface area (Å²) in [7, 11) is 2.30. The van der Waals surface area contributed by atoms with Gasteiger partial charge in [0.15, 0.2) is 0 Å². The van der Waals surface area contributed by atoms with Gasteiger partial charge in [-0.2, -0.15) is 0 Å². The average molecular weight is 181 g/mol. The molecule has 13 heavy (non-hydrogen) atoms. The SMILES string of the molecule is CN1CC2CCC1C(C)(C)C2(C)C. The third-order valence-electron chi connectivity index (χ3n) is 5.34. The van der Waals surface area contributed by atoms with Gasteiger partial charge in [-0.25, -0.2) is 0 Å². The second-order valence-corrected chi connectivity index (χ2v) is 6.17. The van der Waals surface area contributed by atoms with E-state index in [-0.39, 0.29) is 0 Å². The second-order valence-electron chi connectivity index (χ2n) is 6.17. The molecule has 3 aliphatic rings. The number of hydrogen-bond donors (Lipinski definition) is 0. The van der Waals surface area contributed by atoms with Crippen molar-refractivity contribution in [3.8, 4) is 0 Å². The molecule has 1 heteroatoms. The highest BCUT2D eigenvalue weighted by molar-refractivity contribution is 5.07. The van der Waals surface area contributed by atoms with Crippen LogP contribution in [0.15, 0.2) is 0 Å². The predicted molar refractivity (Wildman–Crippen MR) is 56.7 cm³/mol. The van der Waals surface area contributed by atoms with Crippen molar-refractivity contribution in [3.63, 3.8) is 0 Å². The summed E-state index contributed by atoms with van der Waals surface area (Å²) in [5, 5.41) is 0. The molecule has 2 aliphatic heterocycles. The van der Waals surface area contributed by atoms with Crippen LogP contribution in [-0.4, -0.2) is 24.5 Å². The van der Waals surface area contributed by atoms with Gasteiger partial charge in [-0.3, -0.25) is 0 Å². The summed E-state index contributed by atoms with van der Waals surface area (Å²) in [5.41, 5.74) is 1.02. The number of fused-ring (bicyclic) bond motifs is 3. The average Bonchev–Trinajstić information content (AvgIpc) is 2.00. The lowest BCUT2D eigenvalue weighted by molar-refractivity contribution is -0.136. The van der Waals surface area contributed by atoms with Crippen molar-refractivity contribution >= 4 is 0 Å². The first kappa shape index (κ1) is 9.51. The summed E-state index contributed by atoms with van der Waals surface area (Å²) in [5.74, 6) is 0.914. The Morgan fingerprint density at radius 3 is 2.00 bits per heavy atom. The predicted octanol–water partition coefficient (Wildman–Crippen LogP) is 2.76. The van der Waals surface area contributed by atoms with Gasteiger partial charge in [-0.05, 0) is 36.6 Å². The van der Waals surface area contributed by atoms with Crippen LogP contribution < -0.4 is 0 Å². The molecule has 0 aromatic carbocycles. The molecular formula is C12H23N. The molecule has 1 aliphatic carbocycles. The zero-order chi connectivity index (χ0) is 9.85. The van der Waals surface area contributed by atoms with E-state index in [2.05, 4.69) is 39.6 Å². The molecule has 3 rings (SSSR count). The minimum Gasteiger partial charge on any atom is -0.303 e. The maximum absolute atomic E-state index is 2.58. The maximum atomic E-state index is 2.58. The molecule has 1 nitrogen and oxygen atoms in total. The lowest BCUT2D eigenvalue weighted by atomic mass is 9.50. The Kier molecular flexibility index (Phi) is 1.83. The summed E-state index contributed by atoms with van der Waals surface area (Å²) in [6.45, 7) is 11.2. The van der Waals surface area contributed by atoms with Gasteiger partial charge in [-0.1, -0.05) is 27.7 Å². The molecule has 0 N–H and O–H groups in total. The Hall–Kier alpha value is -0.0400. The molecule has 0 spiro atoms. The summed E-state index contributed by atoms with van der Waals surface area (Å²) in [6, 6.07) is 0.812. The lowest BCUT2D eigenvalue weighted by Crippen LogP contribution is -2.64.